The number of nitrogens with two attached hydrogens (primary N) is 1. The van der Waals surface area contributed by atoms with Gasteiger partial charge >= 0.3 is 0 Å². The molecule has 0 aromatic heterocycles. The first-order chi connectivity index (χ1) is 10.2. The molecule has 0 unspecified atom stereocenters. The van der Waals surface area contributed by atoms with Crippen LogP contribution in [0, 0.1) is 0 Å². The lowest BCUT2D eigenvalue weighted by Crippen LogP contribution is -2.15. The minimum atomic E-state index is -0.122. The lowest BCUT2D eigenvalue weighted by Gasteiger charge is -2.10. The summed E-state index contributed by atoms with van der Waals surface area (Å²) in [7, 11) is 0. The van der Waals surface area contributed by atoms with E-state index in [1.54, 1.807) is 0 Å². The predicted octanol–water partition coefficient (Wildman–Crippen LogP) is 2.84. The number of nitrogens with one attached hydrogen (secondary N) is 1. The first-order valence-corrected chi connectivity index (χ1v) is 7.06. The molecule has 110 valence electrons. The lowest BCUT2D eigenvalue weighted by atomic mass is 10.0. The van der Waals surface area contributed by atoms with Crippen molar-refractivity contribution in [3.05, 3.63) is 59.7 Å². The average molecular weight is 284 g/mol. The molecule has 4 heteroatoms. The van der Waals surface area contributed by atoms with Crippen LogP contribution in [0.2, 0.25) is 0 Å². The summed E-state index contributed by atoms with van der Waals surface area (Å²) in [5.41, 5.74) is 7.95. The van der Waals surface area contributed by atoms with Crippen LogP contribution >= 0.6 is 0 Å². The smallest absolute Gasteiger partial charge is 0.255 e. The minimum absolute atomic E-state index is 0.122. The number of rotatable bonds is 6. The number of carbonyl (C=O) groups is 1. The van der Waals surface area contributed by atoms with E-state index in [2.05, 4.69) is 5.32 Å². The highest BCUT2D eigenvalue weighted by Gasteiger charge is 2.10. The highest BCUT2D eigenvalue weighted by molar-refractivity contribution is 6.05. The quantitative estimate of drug-likeness (QED) is 0.857. The van der Waals surface area contributed by atoms with E-state index in [4.69, 9.17) is 10.5 Å². The fourth-order valence-corrected chi connectivity index (χ4v) is 2.11. The van der Waals surface area contributed by atoms with Gasteiger partial charge in [0.1, 0.15) is 5.75 Å². The van der Waals surface area contributed by atoms with Crippen molar-refractivity contribution in [3.63, 3.8) is 0 Å². The number of carbonyl (C=O) groups excluding carboxylic acids is 1. The van der Waals surface area contributed by atoms with E-state index in [-0.39, 0.29) is 5.91 Å². The third kappa shape index (κ3) is 4.07. The summed E-state index contributed by atoms with van der Waals surface area (Å²) >= 11 is 0. The van der Waals surface area contributed by atoms with Crippen LogP contribution in [-0.2, 0) is 6.42 Å². The fraction of sp³-hybridized carbons (Fsp3) is 0.235. The van der Waals surface area contributed by atoms with Gasteiger partial charge < -0.3 is 15.8 Å². The Morgan fingerprint density at radius 1 is 1.14 bits per heavy atom. The van der Waals surface area contributed by atoms with Gasteiger partial charge in [0.25, 0.3) is 5.91 Å². The van der Waals surface area contributed by atoms with Gasteiger partial charge in [-0.15, -0.1) is 0 Å². The summed E-state index contributed by atoms with van der Waals surface area (Å²) in [6.07, 6.45) is 0.687. The predicted molar refractivity (Wildman–Crippen MR) is 84.8 cm³/mol. The molecule has 2 aromatic rings. The molecule has 3 N–H and O–H groups in total. The number of anilines is 1. The van der Waals surface area contributed by atoms with Crippen LogP contribution in [0.1, 0.15) is 22.8 Å². The van der Waals surface area contributed by atoms with Gasteiger partial charge in [0.15, 0.2) is 0 Å². The maximum Gasteiger partial charge on any atom is 0.255 e. The summed E-state index contributed by atoms with van der Waals surface area (Å²) in [4.78, 5) is 12.3. The van der Waals surface area contributed by atoms with E-state index >= 15 is 0 Å². The fourth-order valence-electron chi connectivity index (χ4n) is 2.11. The summed E-state index contributed by atoms with van der Waals surface area (Å²) in [6.45, 7) is 3.08. The molecule has 0 saturated heterocycles. The Hall–Kier alpha value is -2.33. The average Bonchev–Trinajstić information content (AvgIpc) is 2.50. The minimum Gasteiger partial charge on any atom is -0.494 e. The molecule has 2 rings (SSSR count). The molecule has 1 amide bonds. The van der Waals surface area contributed by atoms with E-state index in [1.165, 1.54) is 0 Å². The second kappa shape index (κ2) is 7.45. The van der Waals surface area contributed by atoms with Crippen molar-refractivity contribution in [2.45, 2.75) is 13.3 Å². The zero-order valence-corrected chi connectivity index (χ0v) is 12.1. The number of ether oxygens (including phenoxy) is 1. The molecule has 0 heterocycles. The van der Waals surface area contributed by atoms with E-state index in [0.29, 0.717) is 25.1 Å². The van der Waals surface area contributed by atoms with E-state index < -0.39 is 0 Å². The molecular formula is C17H20N2O2. The second-order valence-corrected chi connectivity index (χ2v) is 4.61. The number of amides is 1. The largest absolute Gasteiger partial charge is 0.494 e. The van der Waals surface area contributed by atoms with Gasteiger partial charge in [-0.05, 0) is 55.8 Å². The topological polar surface area (TPSA) is 64.3 Å². The molecule has 0 bridgehead atoms. The number of hydrogen-bond acceptors (Lipinski definition) is 3. The van der Waals surface area contributed by atoms with Crippen LogP contribution < -0.4 is 15.8 Å². The van der Waals surface area contributed by atoms with E-state index in [0.717, 1.165) is 17.0 Å². The van der Waals surface area contributed by atoms with Crippen molar-refractivity contribution in [1.82, 2.24) is 0 Å². The highest BCUT2D eigenvalue weighted by Crippen LogP contribution is 2.17. The normalized spacial score (nSPS) is 10.2. The van der Waals surface area contributed by atoms with Crippen molar-refractivity contribution in [2.24, 2.45) is 5.73 Å². The van der Waals surface area contributed by atoms with Gasteiger partial charge in [-0.1, -0.05) is 18.2 Å². The molecule has 0 aliphatic heterocycles. The van der Waals surface area contributed by atoms with E-state index in [9.17, 15) is 4.79 Å². The highest BCUT2D eigenvalue weighted by atomic mass is 16.5. The summed E-state index contributed by atoms with van der Waals surface area (Å²) in [5, 5.41) is 2.89. The monoisotopic (exact) mass is 284 g/mol. The second-order valence-electron chi connectivity index (χ2n) is 4.61. The maximum absolute atomic E-state index is 12.3. The van der Waals surface area contributed by atoms with Gasteiger partial charge in [-0.3, -0.25) is 4.79 Å². The molecule has 0 spiro atoms. The Morgan fingerprint density at radius 3 is 2.52 bits per heavy atom. The molecule has 0 aliphatic rings. The van der Waals surface area contributed by atoms with Gasteiger partial charge in [-0.2, -0.15) is 0 Å². The molecule has 0 radical (unpaired) electrons. The summed E-state index contributed by atoms with van der Waals surface area (Å²) < 4.78 is 5.37. The molecule has 4 nitrogen and oxygen atoms in total. The van der Waals surface area contributed by atoms with Gasteiger partial charge in [0, 0.05) is 11.3 Å². The van der Waals surface area contributed by atoms with Crippen molar-refractivity contribution < 1.29 is 9.53 Å². The number of benzene rings is 2. The molecule has 2 aromatic carbocycles. The lowest BCUT2D eigenvalue weighted by molar-refractivity contribution is 0.102. The Morgan fingerprint density at radius 2 is 1.86 bits per heavy atom. The standard InChI is InChI=1S/C17H20N2O2/c1-2-21-15-9-7-14(8-10-15)19-17(20)16-6-4-3-5-13(16)11-12-18/h3-10H,2,11-12,18H2,1H3,(H,19,20). The van der Waals surface area contributed by atoms with Gasteiger partial charge in [0.2, 0.25) is 0 Å². The molecule has 0 saturated carbocycles. The van der Waals surface area contributed by atoms with Crippen LogP contribution in [0.3, 0.4) is 0 Å². The van der Waals surface area contributed by atoms with Crippen molar-refractivity contribution in [2.75, 3.05) is 18.5 Å². The Balaban J connectivity index is 2.10. The molecule has 21 heavy (non-hydrogen) atoms. The zero-order valence-electron chi connectivity index (χ0n) is 12.1. The molecular weight excluding hydrogens is 264 g/mol. The summed E-state index contributed by atoms with van der Waals surface area (Å²) in [6, 6.07) is 14.8. The summed E-state index contributed by atoms with van der Waals surface area (Å²) in [5.74, 6) is 0.669. The van der Waals surface area contributed by atoms with E-state index in [1.807, 2.05) is 55.5 Å². The van der Waals surface area contributed by atoms with Crippen LogP contribution in [0.5, 0.6) is 5.75 Å². The molecule has 0 fully saturated rings. The van der Waals surface area contributed by atoms with Gasteiger partial charge in [-0.25, -0.2) is 0 Å². The van der Waals surface area contributed by atoms with Crippen LogP contribution in [0.4, 0.5) is 5.69 Å². The Labute approximate surface area is 124 Å². The Kier molecular flexibility index (Phi) is 5.35. The van der Waals surface area contributed by atoms with Crippen LogP contribution in [0.15, 0.2) is 48.5 Å². The SMILES string of the molecule is CCOc1ccc(NC(=O)c2ccccc2CCN)cc1. The molecule has 0 atom stereocenters. The van der Waals surface area contributed by atoms with Crippen molar-refractivity contribution >= 4 is 11.6 Å². The third-order valence-electron chi connectivity index (χ3n) is 3.10. The first-order valence-electron chi connectivity index (χ1n) is 7.06. The number of hydrogen-bond donors (Lipinski definition) is 2. The van der Waals surface area contributed by atoms with Crippen molar-refractivity contribution in [1.29, 1.82) is 0 Å². The maximum atomic E-state index is 12.3. The first kappa shape index (κ1) is 15.1. The van der Waals surface area contributed by atoms with Crippen LogP contribution in [0.25, 0.3) is 0 Å². The van der Waals surface area contributed by atoms with Gasteiger partial charge in [0.05, 0.1) is 6.61 Å². The van der Waals surface area contributed by atoms with Crippen LogP contribution in [-0.4, -0.2) is 19.1 Å². The van der Waals surface area contributed by atoms with Crippen molar-refractivity contribution in [3.8, 4) is 5.75 Å². The third-order valence-corrected chi connectivity index (χ3v) is 3.10. The Bertz CT molecular complexity index is 594. The zero-order chi connectivity index (χ0) is 15.1. The molecule has 0 aliphatic carbocycles.